The zero-order chi connectivity index (χ0) is 18.1. The molecule has 25 heavy (non-hydrogen) atoms. The standard InChI is InChI=1S/C18H22N4O3/c1-10(2)14-8-16(21-20-14)17(23)22-5-4-12(9-22)15-7-13(18(24)25)6-11(3)19-15/h6-8,10,12H,4-5,9H2,1-3H3,(H,20,21)(H,24,25). The highest BCUT2D eigenvalue weighted by molar-refractivity contribution is 5.92. The van der Waals surface area contributed by atoms with Crippen LogP contribution in [0.2, 0.25) is 0 Å². The summed E-state index contributed by atoms with van der Waals surface area (Å²) in [6.07, 6.45) is 0.767. The largest absolute Gasteiger partial charge is 0.478 e. The summed E-state index contributed by atoms with van der Waals surface area (Å²) in [6, 6.07) is 4.97. The Labute approximate surface area is 146 Å². The van der Waals surface area contributed by atoms with Gasteiger partial charge >= 0.3 is 5.97 Å². The van der Waals surface area contributed by atoms with Crippen molar-refractivity contribution in [1.29, 1.82) is 0 Å². The summed E-state index contributed by atoms with van der Waals surface area (Å²) < 4.78 is 0. The van der Waals surface area contributed by atoms with E-state index in [0.29, 0.717) is 24.5 Å². The molecule has 2 aromatic rings. The number of nitrogens with one attached hydrogen (secondary N) is 1. The van der Waals surface area contributed by atoms with E-state index in [0.717, 1.165) is 17.8 Å². The number of amides is 1. The molecule has 1 fully saturated rings. The lowest BCUT2D eigenvalue weighted by molar-refractivity contribution is 0.0695. The second-order valence-corrected chi connectivity index (χ2v) is 6.83. The molecule has 0 bridgehead atoms. The Hall–Kier alpha value is -2.70. The van der Waals surface area contributed by atoms with Crippen molar-refractivity contribution in [3.8, 4) is 0 Å². The van der Waals surface area contributed by atoms with Crippen LogP contribution in [0, 0.1) is 6.92 Å². The normalized spacial score (nSPS) is 17.3. The maximum Gasteiger partial charge on any atom is 0.335 e. The summed E-state index contributed by atoms with van der Waals surface area (Å²) in [5.41, 5.74) is 3.01. The van der Waals surface area contributed by atoms with Crippen molar-refractivity contribution in [2.75, 3.05) is 13.1 Å². The molecule has 2 N–H and O–H groups in total. The van der Waals surface area contributed by atoms with Gasteiger partial charge in [-0.2, -0.15) is 5.10 Å². The first-order valence-corrected chi connectivity index (χ1v) is 8.41. The lowest BCUT2D eigenvalue weighted by Gasteiger charge is -2.15. The average Bonchev–Trinajstić information content (AvgIpc) is 3.23. The number of aryl methyl sites for hydroxylation is 1. The van der Waals surface area contributed by atoms with Gasteiger partial charge in [-0.15, -0.1) is 0 Å². The summed E-state index contributed by atoms with van der Waals surface area (Å²) in [7, 11) is 0. The molecule has 7 nitrogen and oxygen atoms in total. The number of pyridine rings is 1. The zero-order valence-corrected chi connectivity index (χ0v) is 14.6. The number of aromatic carboxylic acids is 1. The molecule has 132 valence electrons. The van der Waals surface area contributed by atoms with Crippen molar-refractivity contribution in [3.63, 3.8) is 0 Å². The average molecular weight is 342 g/mol. The molecule has 0 saturated carbocycles. The molecule has 1 unspecified atom stereocenters. The van der Waals surface area contributed by atoms with E-state index in [1.54, 1.807) is 30.0 Å². The van der Waals surface area contributed by atoms with E-state index in [1.165, 1.54) is 0 Å². The van der Waals surface area contributed by atoms with Crippen LogP contribution in [0.4, 0.5) is 0 Å². The number of carboxylic acid groups (broad SMARTS) is 1. The predicted molar refractivity (Wildman–Crippen MR) is 91.9 cm³/mol. The summed E-state index contributed by atoms with van der Waals surface area (Å²) in [6.45, 7) is 7.00. The Bertz CT molecular complexity index is 812. The first-order valence-electron chi connectivity index (χ1n) is 8.41. The van der Waals surface area contributed by atoms with Crippen molar-refractivity contribution in [3.05, 3.63) is 46.5 Å². The van der Waals surface area contributed by atoms with Crippen LogP contribution in [-0.2, 0) is 0 Å². The van der Waals surface area contributed by atoms with Crippen molar-refractivity contribution in [2.45, 2.75) is 39.0 Å². The molecule has 1 saturated heterocycles. The van der Waals surface area contributed by atoms with Crippen LogP contribution in [0.25, 0.3) is 0 Å². The summed E-state index contributed by atoms with van der Waals surface area (Å²) in [5.74, 6) is -0.732. The number of rotatable bonds is 4. The third kappa shape index (κ3) is 3.55. The predicted octanol–water partition coefficient (Wildman–Crippen LogP) is 2.56. The quantitative estimate of drug-likeness (QED) is 0.889. The van der Waals surface area contributed by atoms with Gasteiger partial charge in [0.05, 0.1) is 5.56 Å². The van der Waals surface area contributed by atoms with E-state index >= 15 is 0 Å². The van der Waals surface area contributed by atoms with E-state index in [4.69, 9.17) is 0 Å². The van der Waals surface area contributed by atoms with Gasteiger partial charge in [-0.25, -0.2) is 4.79 Å². The van der Waals surface area contributed by atoms with Crippen LogP contribution in [0.5, 0.6) is 0 Å². The molecule has 1 amide bonds. The third-order valence-corrected chi connectivity index (χ3v) is 4.55. The molecule has 0 aliphatic carbocycles. The van der Waals surface area contributed by atoms with Crippen molar-refractivity contribution >= 4 is 11.9 Å². The van der Waals surface area contributed by atoms with E-state index in [-0.39, 0.29) is 23.3 Å². The number of carboxylic acids is 1. The van der Waals surface area contributed by atoms with Crippen LogP contribution < -0.4 is 0 Å². The van der Waals surface area contributed by atoms with Crippen LogP contribution in [0.15, 0.2) is 18.2 Å². The van der Waals surface area contributed by atoms with E-state index in [9.17, 15) is 14.7 Å². The molecular formula is C18H22N4O3. The van der Waals surface area contributed by atoms with Gasteiger partial charge in [-0.3, -0.25) is 14.9 Å². The Balaban J connectivity index is 1.75. The zero-order valence-electron chi connectivity index (χ0n) is 14.6. The highest BCUT2D eigenvalue weighted by Gasteiger charge is 2.30. The van der Waals surface area contributed by atoms with Crippen molar-refractivity contribution < 1.29 is 14.7 Å². The first-order chi connectivity index (χ1) is 11.8. The van der Waals surface area contributed by atoms with Crippen molar-refractivity contribution in [1.82, 2.24) is 20.1 Å². The van der Waals surface area contributed by atoms with Gasteiger partial charge < -0.3 is 10.0 Å². The Morgan fingerprint density at radius 1 is 1.32 bits per heavy atom. The lowest BCUT2D eigenvalue weighted by Crippen LogP contribution is -2.28. The number of likely N-dealkylation sites (tertiary alicyclic amines) is 1. The van der Waals surface area contributed by atoms with Gasteiger partial charge in [0.2, 0.25) is 0 Å². The van der Waals surface area contributed by atoms with Gasteiger partial charge in [0.1, 0.15) is 5.69 Å². The van der Waals surface area contributed by atoms with Gasteiger partial charge in [0.15, 0.2) is 0 Å². The minimum absolute atomic E-state index is 0.0467. The van der Waals surface area contributed by atoms with Crippen LogP contribution >= 0.6 is 0 Å². The molecule has 0 radical (unpaired) electrons. The summed E-state index contributed by atoms with van der Waals surface area (Å²) >= 11 is 0. The van der Waals surface area contributed by atoms with Gasteiger partial charge in [-0.1, -0.05) is 13.8 Å². The van der Waals surface area contributed by atoms with Gasteiger partial charge in [0, 0.05) is 36.1 Å². The van der Waals surface area contributed by atoms with E-state index in [2.05, 4.69) is 15.2 Å². The number of H-pyrrole nitrogens is 1. The molecule has 1 aliphatic heterocycles. The van der Waals surface area contributed by atoms with Crippen LogP contribution in [0.3, 0.4) is 0 Å². The highest BCUT2D eigenvalue weighted by atomic mass is 16.4. The monoisotopic (exact) mass is 342 g/mol. The fourth-order valence-corrected chi connectivity index (χ4v) is 3.12. The Kier molecular flexibility index (Phi) is 4.57. The highest BCUT2D eigenvalue weighted by Crippen LogP contribution is 2.28. The van der Waals surface area contributed by atoms with Crippen LogP contribution in [0.1, 0.15) is 70.0 Å². The molecule has 0 spiro atoms. The lowest BCUT2D eigenvalue weighted by atomic mass is 10.0. The first kappa shape index (κ1) is 17.1. The fourth-order valence-electron chi connectivity index (χ4n) is 3.12. The number of hydrogen-bond acceptors (Lipinski definition) is 4. The molecule has 3 heterocycles. The molecule has 2 aromatic heterocycles. The number of aromatic amines is 1. The van der Waals surface area contributed by atoms with Crippen LogP contribution in [-0.4, -0.2) is 50.2 Å². The number of carbonyl (C=O) groups excluding carboxylic acids is 1. The SMILES string of the molecule is Cc1cc(C(=O)O)cc(C2CCN(C(=O)c3cc(C(C)C)[nH]n3)C2)n1. The Morgan fingerprint density at radius 3 is 2.72 bits per heavy atom. The molecule has 1 aliphatic rings. The topological polar surface area (TPSA) is 99.2 Å². The minimum atomic E-state index is -0.963. The molecule has 3 rings (SSSR count). The van der Waals surface area contributed by atoms with Gasteiger partial charge in [0.25, 0.3) is 5.91 Å². The molecule has 0 aromatic carbocycles. The van der Waals surface area contributed by atoms with E-state index < -0.39 is 5.97 Å². The van der Waals surface area contributed by atoms with E-state index in [1.807, 2.05) is 13.8 Å². The maximum atomic E-state index is 12.6. The fraction of sp³-hybridized carbons (Fsp3) is 0.444. The van der Waals surface area contributed by atoms with Gasteiger partial charge in [-0.05, 0) is 37.5 Å². The second-order valence-electron chi connectivity index (χ2n) is 6.83. The minimum Gasteiger partial charge on any atom is -0.478 e. The summed E-state index contributed by atoms with van der Waals surface area (Å²) in [5, 5.41) is 16.2. The van der Waals surface area contributed by atoms with Crippen molar-refractivity contribution in [2.24, 2.45) is 0 Å². The maximum absolute atomic E-state index is 12.6. The smallest absolute Gasteiger partial charge is 0.335 e. The molecular weight excluding hydrogens is 320 g/mol. The summed E-state index contributed by atoms with van der Waals surface area (Å²) in [4.78, 5) is 30.1. The Morgan fingerprint density at radius 2 is 2.08 bits per heavy atom. The number of nitrogens with zero attached hydrogens (tertiary/aromatic N) is 3. The number of aromatic nitrogens is 3. The number of carbonyl (C=O) groups is 2. The molecule has 1 atom stereocenters. The second kappa shape index (κ2) is 6.66. The number of hydrogen-bond donors (Lipinski definition) is 2. The third-order valence-electron chi connectivity index (χ3n) is 4.55. The molecule has 7 heteroatoms.